The Morgan fingerprint density at radius 3 is 2.58 bits per heavy atom. The largest absolute Gasteiger partial charge is 0.379 e. The zero-order valence-electron chi connectivity index (χ0n) is 14.9. The Kier molecular flexibility index (Phi) is 5.45. The summed E-state index contributed by atoms with van der Waals surface area (Å²) < 4.78 is 7.16. The second-order valence-corrected chi connectivity index (χ2v) is 7.50. The number of hydrogen-bond donors (Lipinski definition) is 1. The van der Waals surface area contributed by atoms with Gasteiger partial charge in [0.25, 0.3) is 5.56 Å². The van der Waals surface area contributed by atoms with Crippen LogP contribution in [0.15, 0.2) is 29.1 Å². The maximum absolute atomic E-state index is 12.6. The molecule has 0 unspecified atom stereocenters. The summed E-state index contributed by atoms with van der Waals surface area (Å²) in [5, 5.41) is 4.11. The molecule has 0 aliphatic carbocycles. The number of ether oxygens (including phenoxy) is 1. The molecule has 2 aliphatic heterocycles. The van der Waals surface area contributed by atoms with Gasteiger partial charge in [0.05, 0.1) is 25.5 Å². The molecule has 7 heteroatoms. The number of fused-ring (bicyclic) bond motifs is 1. The Labute approximate surface area is 158 Å². The van der Waals surface area contributed by atoms with Crippen LogP contribution in [0.2, 0.25) is 5.02 Å². The van der Waals surface area contributed by atoms with Gasteiger partial charge >= 0.3 is 0 Å². The third-order valence-corrected chi connectivity index (χ3v) is 5.51. The average Bonchev–Trinajstić information content (AvgIpc) is 2.98. The molecule has 1 N–H and O–H groups in total. The summed E-state index contributed by atoms with van der Waals surface area (Å²) in [6.45, 7) is 7.64. The molecule has 0 atom stereocenters. The second kappa shape index (κ2) is 7.96. The van der Waals surface area contributed by atoms with Gasteiger partial charge in [-0.2, -0.15) is 0 Å². The molecule has 1 aromatic carbocycles. The topological polar surface area (TPSA) is 53.5 Å². The van der Waals surface area contributed by atoms with E-state index in [9.17, 15) is 4.79 Å². The third kappa shape index (κ3) is 4.04. The molecule has 2 aliphatic rings. The molecule has 0 amide bonds. The number of nitrogens with zero attached hydrogens (tertiary/aromatic N) is 3. The fourth-order valence-corrected chi connectivity index (χ4v) is 3.87. The number of hydrogen-bond acceptors (Lipinski definition) is 4. The van der Waals surface area contributed by atoms with E-state index < -0.39 is 0 Å². The van der Waals surface area contributed by atoms with E-state index in [1.807, 2.05) is 12.1 Å². The number of rotatable bonds is 5. The first kappa shape index (κ1) is 17.8. The van der Waals surface area contributed by atoms with Crippen LogP contribution in [-0.4, -0.2) is 59.0 Å². The zero-order chi connectivity index (χ0) is 17.9. The van der Waals surface area contributed by atoms with Gasteiger partial charge in [-0.3, -0.25) is 24.4 Å². The normalized spacial score (nSPS) is 18.8. The number of aromatic amines is 1. The van der Waals surface area contributed by atoms with Crippen molar-refractivity contribution in [3.8, 4) is 0 Å². The number of nitrogens with one attached hydrogen (secondary N) is 1. The molecule has 3 heterocycles. The first-order valence-corrected chi connectivity index (χ1v) is 9.64. The van der Waals surface area contributed by atoms with Crippen LogP contribution in [0.4, 0.5) is 0 Å². The Balaban J connectivity index is 1.39. The fourth-order valence-electron chi connectivity index (χ4n) is 3.74. The van der Waals surface area contributed by atoms with E-state index in [4.69, 9.17) is 16.3 Å². The molecule has 0 saturated carbocycles. The lowest BCUT2D eigenvalue weighted by atomic mass is 10.1. The third-order valence-electron chi connectivity index (χ3n) is 5.26. The van der Waals surface area contributed by atoms with E-state index in [2.05, 4.69) is 27.0 Å². The van der Waals surface area contributed by atoms with Crippen LogP contribution in [0.25, 0.3) is 0 Å². The van der Waals surface area contributed by atoms with E-state index >= 15 is 0 Å². The van der Waals surface area contributed by atoms with Gasteiger partial charge in [0, 0.05) is 49.9 Å². The number of aromatic nitrogens is 2. The Hall–Kier alpha value is -1.60. The van der Waals surface area contributed by atoms with Gasteiger partial charge in [-0.1, -0.05) is 23.7 Å². The fraction of sp³-hybridized carbons (Fsp3) is 0.526. The van der Waals surface area contributed by atoms with Crippen LogP contribution in [0, 0.1) is 0 Å². The number of H-pyrrole nitrogens is 1. The molecule has 26 heavy (non-hydrogen) atoms. The Bertz CT molecular complexity index is 793. The smallest absolute Gasteiger partial charge is 0.270 e. The van der Waals surface area contributed by atoms with Crippen molar-refractivity contribution in [2.45, 2.75) is 26.1 Å². The predicted octanol–water partition coefficient (Wildman–Crippen LogP) is 1.72. The maximum atomic E-state index is 12.6. The van der Waals surface area contributed by atoms with Gasteiger partial charge in [0.15, 0.2) is 0 Å². The average molecular weight is 377 g/mol. The van der Waals surface area contributed by atoms with Crippen molar-refractivity contribution in [2.75, 3.05) is 39.4 Å². The molecular formula is C19H25ClN4O2. The molecule has 1 aromatic heterocycles. The number of halogens is 1. The van der Waals surface area contributed by atoms with Crippen molar-refractivity contribution in [3.63, 3.8) is 0 Å². The maximum Gasteiger partial charge on any atom is 0.270 e. The predicted molar refractivity (Wildman–Crippen MR) is 102 cm³/mol. The lowest BCUT2D eigenvalue weighted by Gasteiger charge is -2.26. The van der Waals surface area contributed by atoms with Gasteiger partial charge in [-0.25, -0.2) is 0 Å². The second-order valence-electron chi connectivity index (χ2n) is 7.07. The standard InChI is InChI=1S/C19H25ClN4O2/c20-16-3-1-15(2-4-16)13-23-6-5-17-18(14-23)21-24(19(17)25)8-7-22-9-11-26-12-10-22/h1-4,21H,5-14H2. The summed E-state index contributed by atoms with van der Waals surface area (Å²) in [6, 6.07) is 7.98. The molecule has 4 rings (SSSR count). The molecular weight excluding hydrogens is 352 g/mol. The summed E-state index contributed by atoms with van der Waals surface area (Å²) in [5.74, 6) is 0. The van der Waals surface area contributed by atoms with E-state index in [0.29, 0.717) is 6.54 Å². The van der Waals surface area contributed by atoms with Crippen LogP contribution in [-0.2, 0) is 30.8 Å². The van der Waals surface area contributed by atoms with Gasteiger partial charge in [-0.05, 0) is 24.1 Å². The number of morpholine rings is 1. The van der Waals surface area contributed by atoms with Crippen molar-refractivity contribution in [3.05, 3.63) is 56.5 Å². The lowest BCUT2D eigenvalue weighted by Crippen LogP contribution is -2.39. The summed E-state index contributed by atoms with van der Waals surface area (Å²) in [5.41, 5.74) is 3.42. The summed E-state index contributed by atoms with van der Waals surface area (Å²) in [7, 11) is 0. The molecule has 0 spiro atoms. The Morgan fingerprint density at radius 1 is 1.04 bits per heavy atom. The van der Waals surface area contributed by atoms with Crippen LogP contribution in [0.5, 0.6) is 0 Å². The molecule has 0 bridgehead atoms. The first-order chi connectivity index (χ1) is 12.7. The van der Waals surface area contributed by atoms with E-state index in [-0.39, 0.29) is 5.56 Å². The molecule has 140 valence electrons. The summed E-state index contributed by atoms with van der Waals surface area (Å²) in [4.78, 5) is 17.4. The van der Waals surface area contributed by atoms with E-state index in [1.54, 1.807) is 4.68 Å². The molecule has 6 nitrogen and oxygen atoms in total. The van der Waals surface area contributed by atoms with Crippen molar-refractivity contribution in [1.29, 1.82) is 0 Å². The van der Waals surface area contributed by atoms with Gasteiger partial charge < -0.3 is 4.74 Å². The van der Waals surface area contributed by atoms with Crippen LogP contribution < -0.4 is 5.56 Å². The first-order valence-electron chi connectivity index (χ1n) is 9.26. The summed E-state index contributed by atoms with van der Waals surface area (Å²) >= 11 is 5.96. The zero-order valence-corrected chi connectivity index (χ0v) is 15.7. The van der Waals surface area contributed by atoms with Crippen LogP contribution in [0.1, 0.15) is 16.8 Å². The summed E-state index contributed by atoms with van der Waals surface area (Å²) in [6.07, 6.45) is 0.808. The highest BCUT2D eigenvalue weighted by Crippen LogP contribution is 2.18. The molecule has 2 aromatic rings. The van der Waals surface area contributed by atoms with Gasteiger partial charge in [0.2, 0.25) is 0 Å². The minimum atomic E-state index is 0.152. The van der Waals surface area contributed by atoms with Gasteiger partial charge in [0.1, 0.15) is 0 Å². The SMILES string of the molecule is O=c1c2c([nH]n1CCN1CCOCC1)CN(Cc1ccc(Cl)cc1)CC2. The number of benzene rings is 1. The van der Waals surface area contributed by atoms with Crippen molar-refractivity contribution in [2.24, 2.45) is 0 Å². The van der Waals surface area contributed by atoms with E-state index in [1.165, 1.54) is 5.56 Å². The lowest BCUT2D eigenvalue weighted by molar-refractivity contribution is 0.0358. The quantitative estimate of drug-likeness (QED) is 0.863. The monoisotopic (exact) mass is 376 g/mol. The highest BCUT2D eigenvalue weighted by Gasteiger charge is 2.22. The van der Waals surface area contributed by atoms with Crippen LogP contribution in [0.3, 0.4) is 0 Å². The minimum absolute atomic E-state index is 0.152. The van der Waals surface area contributed by atoms with Crippen molar-refractivity contribution < 1.29 is 4.74 Å². The Morgan fingerprint density at radius 2 is 1.81 bits per heavy atom. The highest BCUT2D eigenvalue weighted by molar-refractivity contribution is 6.30. The molecule has 0 radical (unpaired) electrons. The highest BCUT2D eigenvalue weighted by atomic mass is 35.5. The van der Waals surface area contributed by atoms with E-state index in [0.717, 1.165) is 75.2 Å². The van der Waals surface area contributed by atoms with Crippen molar-refractivity contribution in [1.82, 2.24) is 19.6 Å². The molecule has 1 fully saturated rings. The van der Waals surface area contributed by atoms with Crippen LogP contribution >= 0.6 is 11.6 Å². The molecule has 1 saturated heterocycles. The van der Waals surface area contributed by atoms with Gasteiger partial charge in [-0.15, -0.1) is 0 Å². The van der Waals surface area contributed by atoms with Crippen molar-refractivity contribution >= 4 is 11.6 Å². The minimum Gasteiger partial charge on any atom is -0.379 e.